The molecule has 0 aliphatic carbocycles. The zero-order valence-electron chi connectivity index (χ0n) is 10.7. The molecule has 1 heterocycles. The fourth-order valence-corrected chi connectivity index (χ4v) is 2.74. The van der Waals surface area contributed by atoms with Gasteiger partial charge in [0.15, 0.2) is 5.16 Å². The van der Waals surface area contributed by atoms with Crippen molar-refractivity contribution in [3.63, 3.8) is 0 Å². The topological polar surface area (TPSA) is 47.3 Å². The molecule has 18 heavy (non-hydrogen) atoms. The van der Waals surface area contributed by atoms with E-state index in [0.29, 0.717) is 13.2 Å². The van der Waals surface area contributed by atoms with Crippen molar-refractivity contribution in [1.29, 1.82) is 0 Å². The van der Waals surface area contributed by atoms with Gasteiger partial charge < -0.3 is 14.4 Å². The van der Waals surface area contributed by atoms with E-state index in [4.69, 9.17) is 4.74 Å². The molecule has 98 valence electrons. The molecule has 1 aromatic heterocycles. The number of ether oxygens (including phenoxy) is 1. The van der Waals surface area contributed by atoms with Crippen LogP contribution < -0.4 is 0 Å². The number of hydrogen-bond donors (Lipinski definition) is 1. The molecule has 0 radical (unpaired) electrons. The first-order valence-corrected chi connectivity index (χ1v) is 6.96. The lowest BCUT2D eigenvalue weighted by Crippen LogP contribution is -2.12. The lowest BCUT2D eigenvalue weighted by atomic mass is 10.3. The van der Waals surface area contributed by atoms with Crippen LogP contribution in [-0.2, 0) is 11.3 Å². The average Bonchev–Trinajstić information content (AvgIpc) is 2.68. The highest BCUT2D eigenvalue weighted by atomic mass is 32.2. The summed E-state index contributed by atoms with van der Waals surface area (Å²) in [4.78, 5) is 4.60. The predicted molar refractivity (Wildman–Crippen MR) is 74.0 cm³/mol. The Kier molecular flexibility index (Phi) is 4.63. The number of nitrogens with zero attached hydrogens (tertiary/aromatic N) is 2. The first-order chi connectivity index (χ1) is 8.72. The van der Waals surface area contributed by atoms with Crippen LogP contribution in [0.4, 0.5) is 0 Å². The number of imidazole rings is 1. The quantitative estimate of drug-likeness (QED) is 0.643. The van der Waals surface area contributed by atoms with Crippen molar-refractivity contribution < 1.29 is 9.84 Å². The molecule has 0 unspecified atom stereocenters. The highest BCUT2D eigenvalue weighted by molar-refractivity contribution is 7.99. The molecule has 0 aliphatic heterocycles. The van der Waals surface area contributed by atoms with Gasteiger partial charge in [0.05, 0.1) is 30.3 Å². The Balaban J connectivity index is 2.30. The van der Waals surface area contributed by atoms with Crippen molar-refractivity contribution in [1.82, 2.24) is 9.55 Å². The first kappa shape index (κ1) is 13.4. The van der Waals surface area contributed by atoms with Gasteiger partial charge in [0.2, 0.25) is 0 Å². The molecule has 0 bridgehead atoms. The summed E-state index contributed by atoms with van der Waals surface area (Å²) in [6, 6.07) is 8.00. The number of hydrogen-bond acceptors (Lipinski definition) is 4. The number of aliphatic hydroxyl groups is 1. The highest BCUT2D eigenvalue weighted by Gasteiger charge is 2.12. The number of aliphatic hydroxyl groups excluding tert-OH is 1. The molecule has 1 N–H and O–H groups in total. The van der Waals surface area contributed by atoms with E-state index in [2.05, 4.69) is 9.55 Å². The summed E-state index contributed by atoms with van der Waals surface area (Å²) >= 11 is 1.66. The molecule has 0 aliphatic rings. The van der Waals surface area contributed by atoms with Crippen LogP contribution in [0.2, 0.25) is 0 Å². The second-order valence-electron chi connectivity index (χ2n) is 4.18. The maximum Gasteiger partial charge on any atom is 0.169 e. The Labute approximate surface area is 111 Å². The zero-order chi connectivity index (χ0) is 13.0. The minimum absolute atomic E-state index is 0.385. The van der Waals surface area contributed by atoms with Crippen LogP contribution in [0.15, 0.2) is 29.4 Å². The van der Waals surface area contributed by atoms with Crippen molar-refractivity contribution in [3.05, 3.63) is 24.3 Å². The van der Waals surface area contributed by atoms with Crippen molar-refractivity contribution in [2.45, 2.75) is 24.7 Å². The maximum absolute atomic E-state index is 9.60. The standard InChI is InChI=1S/C13H18N2O2S/c1-10(16)9-15-12-6-4-3-5-11(12)14-13(15)18-8-7-17-2/h3-6,10,16H,7-9H2,1-2H3/t10-/m0/s1. The van der Waals surface area contributed by atoms with Gasteiger partial charge in [-0.05, 0) is 19.1 Å². The molecule has 2 rings (SSSR count). The normalized spacial score (nSPS) is 13.1. The van der Waals surface area contributed by atoms with E-state index < -0.39 is 0 Å². The zero-order valence-corrected chi connectivity index (χ0v) is 11.5. The number of rotatable bonds is 6. The molecule has 0 saturated heterocycles. The van der Waals surface area contributed by atoms with E-state index in [9.17, 15) is 5.11 Å². The number of fused-ring (bicyclic) bond motifs is 1. The molecular weight excluding hydrogens is 248 g/mol. The minimum Gasteiger partial charge on any atom is -0.392 e. The molecule has 1 aromatic carbocycles. The van der Waals surface area contributed by atoms with E-state index in [1.165, 1.54) is 0 Å². The van der Waals surface area contributed by atoms with E-state index in [1.807, 2.05) is 24.3 Å². The first-order valence-electron chi connectivity index (χ1n) is 5.97. The summed E-state index contributed by atoms with van der Waals surface area (Å²) in [7, 11) is 1.69. The molecule has 5 heteroatoms. The molecule has 0 spiro atoms. The van der Waals surface area contributed by atoms with Gasteiger partial charge in [-0.3, -0.25) is 0 Å². The van der Waals surface area contributed by atoms with E-state index in [1.54, 1.807) is 25.8 Å². The fourth-order valence-electron chi connectivity index (χ4n) is 1.82. The lowest BCUT2D eigenvalue weighted by molar-refractivity contribution is 0.171. The van der Waals surface area contributed by atoms with Gasteiger partial charge in [0.25, 0.3) is 0 Å². The molecule has 0 saturated carbocycles. The summed E-state index contributed by atoms with van der Waals surface area (Å²) in [5.41, 5.74) is 2.04. The monoisotopic (exact) mass is 266 g/mol. The van der Waals surface area contributed by atoms with Gasteiger partial charge in [-0.2, -0.15) is 0 Å². The fraction of sp³-hybridized carbons (Fsp3) is 0.462. The van der Waals surface area contributed by atoms with Crippen LogP contribution in [0, 0.1) is 0 Å². The Morgan fingerprint density at radius 2 is 2.22 bits per heavy atom. The van der Waals surface area contributed by atoms with E-state index >= 15 is 0 Å². The Morgan fingerprint density at radius 3 is 2.94 bits per heavy atom. The van der Waals surface area contributed by atoms with Crippen molar-refractivity contribution in [2.75, 3.05) is 19.5 Å². The summed E-state index contributed by atoms with van der Waals surface area (Å²) in [6.45, 7) is 3.05. The predicted octanol–water partition coefficient (Wildman–Crippen LogP) is 2.16. The van der Waals surface area contributed by atoms with Gasteiger partial charge in [-0.1, -0.05) is 23.9 Å². The van der Waals surface area contributed by atoms with E-state index in [0.717, 1.165) is 21.9 Å². The van der Waals surface area contributed by atoms with Gasteiger partial charge in [-0.15, -0.1) is 0 Å². The number of para-hydroxylation sites is 2. The van der Waals surface area contributed by atoms with Crippen LogP contribution in [-0.4, -0.2) is 40.2 Å². The highest BCUT2D eigenvalue weighted by Crippen LogP contribution is 2.24. The Morgan fingerprint density at radius 1 is 1.44 bits per heavy atom. The van der Waals surface area contributed by atoms with Gasteiger partial charge >= 0.3 is 0 Å². The van der Waals surface area contributed by atoms with Crippen LogP contribution in [0.1, 0.15) is 6.92 Å². The van der Waals surface area contributed by atoms with Gasteiger partial charge in [0.1, 0.15) is 0 Å². The largest absolute Gasteiger partial charge is 0.392 e. The minimum atomic E-state index is -0.385. The number of benzene rings is 1. The van der Waals surface area contributed by atoms with Crippen molar-refractivity contribution >= 4 is 22.8 Å². The summed E-state index contributed by atoms with van der Waals surface area (Å²) < 4.78 is 7.12. The van der Waals surface area contributed by atoms with Crippen LogP contribution in [0.5, 0.6) is 0 Å². The SMILES string of the molecule is COCCSc1nc2ccccc2n1C[C@H](C)O. The Hall–Kier alpha value is -1.04. The van der Waals surface area contributed by atoms with E-state index in [-0.39, 0.29) is 6.10 Å². The van der Waals surface area contributed by atoms with Gasteiger partial charge in [0, 0.05) is 12.9 Å². The van der Waals surface area contributed by atoms with Gasteiger partial charge in [-0.25, -0.2) is 4.98 Å². The number of aromatic nitrogens is 2. The number of thioether (sulfide) groups is 1. The number of methoxy groups -OCH3 is 1. The molecule has 1 atom stereocenters. The van der Waals surface area contributed by atoms with Crippen molar-refractivity contribution in [2.24, 2.45) is 0 Å². The Bertz CT molecular complexity index is 511. The third-order valence-electron chi connectivity index (χ3n) is 2.58. The third kappa shape index (κ3) is 3.04. The molecule has 0 amide bonds. The summed E-state index contributed by atoms with van der Waals surface area (Å²) in [6.07, 6.45) is -0.385. The lowest BCUT2D eigenvalue weighted by Gasteiger charge is -2.10. The van der Waals surface area contributed by atoms with Crippen molar-refractivity contribution in [3.8, 4) is 0 Å². The molecule has 2 aromatic rings. The smallest absolute Gasteiger partial charge is 0.169 e. The average molecular weight is 266 g/mol. The summed E-state index contributed by atoms with van der Waals surface area (Å²) in [5, 5.41) is 10.5. The van der Waals surface area contributed by atoms with Crippen LogP contribution >= 0.6 is 11.8 Å². The van der Waals surface area contributed by atoms with Crippen LogP contribution in [0.25, 0.3) is 11.0 Å². The molecule has 4 nitrogen and oxygen atoms in total. The molecular formula is C13H18N2O2S. The maximum atomic E-state index is 9.60. The third-order valence-corrected chi connectivity index (χ3v) is 3.53. The van der Waals surface area contributed by atoms with Crippen LogP contribution in [0.3, 0.4) is 0 Å². The second kappa shape index (κ2) is 6.22. The second-order valence-corrected chi connectivity index (χ2v) is 5.25. The summed E-state index contributed by atoms with van der Waals surface area (Å²) in [5.74, 6) is 0.861. The molecule has 0 fully saturated rings.